The normalized spacial score (nSPS) is 11.3. The van der Waals surface area contributed by atoms with E-state index in [1.165, 1.54) is 22.1 Å². The van der Waals surface area contributed by atoms with Gasteiger partial charge in [0.25, 0.3) is 0 Å². The molecule has 0 aliphatic heterocycles. The van der Waals surface area contributed by atoms with Gasteiger partial charge in [-0.25, -0.2) is 4.98 Å². The van der Waals surface area contributed by atoms with E-state index in [2.05, 4.69) is 50.0 Å². The molecule has 3 nitrogen and oxygen atoms in total. The third-order valence-electron chi connectivity index (χ3n) is 4.75. The second-order valence-electron chi connectivity index (χ2n) is 6.70. The second-order valence-corrected chi connectivity index (χ2v) is 7.66. The van der Waals surface area contributed by atoms with E-state index in [0.29, 0.717) is 5.75 Å². The predicted octanol–water partition coefficient (Wildman–Crippen LogP) is 5.29. The molecule has 0 saturated heterocycles. The highest BCUT2D eigenvalue weighted by Gasteiger charge is 2.10. The summed E-state index contributed by atoms with van der Waals surface area (Å²) in [6.45, 7) is 6.33. The molecule has 26 heavy (non-hydrogen) atoms. The van der Waals surface area contributed by atoms with E-state index in [1.54, 1.807) is 17.8 Å². The zero-order chi connectivity index (χ0) is 18.3. The molecule has 130 valence electrons. The minimum absolute atomic E-state index is 0.0611. The Balaban J connectivity index is 1.74. The number of nitrogens with zero attached hydrogens (tertiary/aromatic N) is 1. The third-order valence-corrected chi connectivity index (χ3v) is 5.89. The Bertz CT molecular complexity index is 1190. The molecule has 2 aromatic carbocycles. The summed E-state index contributed by atoms with van der Waals surface area (Å²) in [5.41, 5.74) is 6.53. The van der Waals surface area contributed by atoms with Crippen molar-refractivity contribution in [3.63, 3.8) is 0 Å². The average molecular weight is 360 g/mol. The van der Waals surface area contributed by atoms with Crippen LogP contribution < -0.4 is 5.56 Å². The predicted molar refractivity (Wildman–Crippen MR) is 110 cm³/mol. The van der Waals surface area contributed by atoms with Crippen molar-refractivity contribution < 1.29 is 0 Å². The highest BCUT2D eigenvalue weighted by molar-refractivity contribution is 7.98. The molecule has 4 rings (SSSR count). The summed E-state index contributed by atoms with van der Waals surface area (Å²) >= 11 is 1.69. The van der Waals surface area contributed by atoms with Gasteiger partial charge < -0.3 is 4.98 Å². The van der Waals surface area contributed by atoms with Crippen molar-refractivity contribution in [3.05, 3.63) is 81.1 Å². The van der Waals surface area contributed by atoms with Crippen LogP contribution in [0.3, 0.4) is 0 Å². The molecule has 0 radical (unpaired) electrons. The smallest absolute Gasteiger partial charge is 0.248 e. The Morgan fingerprint density at radius 2 is 1.69 bits per heavy atom. The summed E-state index contributed by atoms with van der Waals surface area (Å²) in [5, 5.41) is 3.33. The standard InChI is InChI=1S/C22H20N2OS/c1-13-8-9-14(2)21-18(13)10-15(3)22(24-21)26-12-16-11-20(25)23-19-7-5-4-6-17(16)19/h4-11H,12H2,1-3H3,(H,23,25). The van der Waals surface area contributed by atoms with Crippen LogP contribution in [0.25, 0.3) is 21.8 Å². The minimum atomic E-state index is -0.0611. The number of aromatic nitrogens is 2. The van der Waals surface area contributed by atoms with Gasteiger partial charge in [0.15, 0.2) is 0 Å². The fraction of sp³-hybridized carbons (Fsp3) is 0.182. The van der Waals surface area contributed by atoms with Crippen LogP contribution in [0.5, 0.6) is 0 Å². The molecule has 0 atom stereocenters. The number of pyridine rings is 2. The van der Waals surface area contributed by atoms with Gasteiger partial charge in [0.1, 0.15) is 0 Å². The number of H-pyrrole nitrogens is 1. The van der Waals surface area contributed by atoms with Crippen molar-refractivity contribution in [1.82, 2.24) is 9.97 Å². The first-order valence-electron chi connectivity index (χ1n) is 8.64. The summed E-state index contributed by atoms with van der Waals surface area (Å²) in [6.07, 6.45) is 0. The zero-order valence-corrected chi connectivity index (χ0v) is 15.9. The van der Waals surface area contributed by atoms with Crippen LogP contribution >= 0.6 is 11.8 Å². The van der Waals surface area contributed by atoms with Crippen molar-refractivity contribution >= 4 is 33.6 Å². The SMILES string of the molecule is Cc1cc2c(C)ccc(C)c2nc1SCc1cc(=O)[nH]c2ccccc12. The number of aryl methyl sites for hydroxylation is 3. The Morgan fingerprint density at radius 3 is 2.54 bits per heavy atom. The van der Waals surface area contributed by atoms with Gasteiger partial charge in [-0.3, -0.25) is 4.79 Å². The third kappa shape index (κ3) is 3.01. The van der Waals surface area contributed by atoms with E-state index in [0.717, 1.165) is 27.0 Å². The molecule has 2 aromatic heterocycles. The number of aromatic amines is 1. The zero-order valence-electron chi connectivity index (χ0n) is 15.1. The van der Waals surface area contributed by atoms with Crippen LogP contribution in [0, 0.1) is 20.8 Å². The number of benzene rings is 2. The number of fused-ring (bicyclic) bond motifs is 2. The minimum Gasteiger partial charge on any atom is -0.322 e. The maximum atomic E-state index is 12.0. The number of hydrogen-bond acceptors (Lipinski definition) is 3. The van der Waals surface area contributed by atoms with Crippen LogP contribution in [0.2, 0.25) is 0 Å². The Labute approximate surface area is 156 Å². The summed E-state index contributed by atoms with van der Waals surface area (Å²) in [5.74, 6) is 0.717. The van der Waals surface area contributed by atoms with Gasteiger partial charge in [-0.1, -0.05) is 30.3 Å². The van der Waals surface area contributed by atoms with Gasteiger partial charge in [-0.05, 0) is 55.2 Å². The molecule has 4 aromatic rings. The highest BCUT2D eigenvalue weighted by atomic mass is 32.2. The van der Waals surface area contributed by atoms with Gasteiger partial charge in [0, 0.05) is 28.1 Å². The lowest BCUT2D eigenvalue weighted by Crippen LogP contribution is -2.06. The van der Waals surface area contributed by atoms with E-state index in [4.69, 9.17) is 4.98 Å². The van der Waals surface area contributed by atoms with Crippen LogP contribution in [0.1, 0.15) is 22.3 Å². The summed E-state index contributed by atoms with van der Waals surface area (Å²) in [7, 11) is 0. The first kappa shape index (κ1) is 16.9. The van der Waals surface area contributed by atoms with E-state index < -0.39 is 0 Å². The van der Waals surface area contributed by atoms with Crippen LogP contribution in [-0.2, 0) is 5.75 Å². The van der Waals surface area contributed by atoms with Gasteiger partial charge in [0.05, 0.1) is 10.5 Å². The maximum Gasteiger partial charge on any atom is 0.248 e. The Morgan fingerprint density at radius 1 is 0.923 bits per heavy atom. The quantitative estimate of drug-likeness (QED) is 0.505. The lowest BCUT2D eigenvalue weighted by atomic mass is 10.0. The molecule has 0 unspecified atom stereocenters. The van der Waals surface area contributed by atoms with Crippen molar-refractivity contribution in [3.8, 4) is 0 Å². The molecular weight excluding hydrogens is 340 g/mol. The summed E-state index contributed by atoms with van der Waals surface area (Å²) in [4.78, 5) is 19.8. The Hall–Kier alpha value is -2.59. The van der Waals surface area contributed by atoms with E-state index in [9.17, 15) is 4.79 Å². The number of rotatable bonds is 3. The number of para-hydroxylation sites is 1. The van der Waals surface area contributed by atoms with E-state index in [1.807, 2.05) is 18.2 Å². The Kier molecular flexibility index (Phi) is 4.29. The average Bonchev–Trinajstić information content (AvgIpc) is 2.63. The lowest BCUT2D eigenvalue weighted by Gasteiger charge is -2.11. The van der Waals surface area contributed by atoms with Gasteiger partial charge in [0.2, 0.25) is 5.56 Å². The first-order valence-corrected chi connectivity index (χ1v) is 9.63. The van der Waals surface area contributed by atoms with Crippen LogP contribution in [0.15, 0.2) is 58.4 Å². The van der Waals surface area contributed by atoms with Crippen molar-refractivity contribution in [2.24, 2.45) is 0 Å². The molecule has 0 spiro atoms. The fourth-order valence-electron chi connectivity index (χ4n) is 3.31. The molecule has 0 aliphatic rings. The molecule has 0 saturated carbocycles. The number of nitrogens with one attached hydrogen (secondary N) is 1. The van der Waals surface area contributed by atoms with E-state index >= 15 is 0 Å². The number of thioether (sulfide) groups is 1. The van der Waals surface area contributed by atoms with Crippen molar-refractivity contribution in [2.75, 3.05) is 0 Å². The van der Waals surface area contributed by atoms with Crippen molar-refractivity contribution in [1.29, 1.82) is 0 Å². The summed E-state index contributed by atoms with van der Waals surface area (Å²) in [6, 6.07) is 16.1. The van der Waals surface area contributed by atoms with Crippen LogP contribution in [-0.4, -0.2) is 9.97 Å². The number of hydrogen-bond donors (Lipinski definition) is 1. The highest BCUT2D eigenvalue weighted by Crippen LogP contribution is 2.30. The van der Waals surface area contributed by atoms with Gasteiger partial charge in [-0.2, -0.15) is 0 Å². The molecular formula is C22H20N2OS. The molecule has 0 aliphatic carbocycles. The maximum absolute atomic E-state index is 12.0. The largest absolute Gasteiger partial charge is 0.322 e. The topological polar surface area (TPSA) is 45.8 Å². The molecule has 0 bridgehead atoms. The second kappa shape index (κ2) is 6.61. The molecule has 0 fully saturated rings. The summed E-state index contributed by atoms with van der Waals surface area (Å²) < 4.78 is 0. The van der Waals surface area contributed by atoms with Crippen LogP contribution in [0.4, 0.5) is 0 Å². The molecule has 1 N–H and O–H groups in total. The van der Waals surface area contributed by atoms with E-state index in [-0.39, 0.29) is 5.56 Å². The molecule has 4 heteroatoms. The monoisotopic (exact) mass is 360 g/mol. The lowest BCUT2D eigenvalue weighted by molar-refractivity contribution is 1.11. The van der Waals surface area contributed by atoms with Crippen molar-refractivity contribution in [2.45, 2.75) is 31.6 Å². The molecule has 0 amide bonds. The first-order chi connectivity index (χ1) is 12.5. The molecule has 2 heterocycles. The fourth-order valence-corrected chi connectivity index (χ4v) is 4.28. The van der Waals surface area contributed by atoms with Gasteiger partial charge >= 0.3 is 0 Å². The van der Waals surface area contributed by atoms with Gasteiger partial charge in [-0.15, -0.1) is 11.8 Å².